The van der Waals surface area contributed by atoms with Crippen molar-refractivity contribution in [2.45, 2.75) is 0 Å². The number of carbonyl (C=O) groups excluding carboxylic acids is 12. The fourth-order valence-corrected chi connectivity index (χ4v) is 12.1. The number of aromatic nitrogens is 3. The van der Waals surface area contributed by atoms with Crippen LogP contribution in [0.2, 0.25) is 0 Å². The summed E-state index contributed by atoms with van der Waals surface area (Å²) in [5, 5.41) is 33.3. The van der Waals surface area contributed by atoms with Crippen molar-refractivity contribution >= 4 is 139 Å². The second-order valence-electron chi connectivity index (χ2n) is 27.1. The van der Waals surface area contributed by atoms with Crippen LogP contribution < -0.4 is 63.8 Å². The molecule has 27 heteroatoms. The van der Waals surface area contributed by atoms with Gasteiger partial charge in [0.05, 0.1) is 68.2 Å². The summed E-state index contributed by atoms with van der Waals surface area (Å²) in [6.07, 6.45) is 0. The zero-order chi connectivity index (χ0) is 87.9. The molecular weight excluding hydrogens is 1590 g/mol. The molecule has 3 heterocycles. The van der Waals surface area contributed by atoms with Crippen LogP contribution in [-0.4, -0.2) is 85.8 Å². The average Bonchev–Trinajstić information content (AvgIpc) is 0.837. The van der Waals surface area contributed by atoms with Crippen LogP contribution in [0, 0.1) is 0 Å². The summed E-state index contributed by atoms with van der Waals surface area (Å²) in [5.74, 6) is -5.36. The van der Waals surface area contributed by atoms with Crippen molar-refractivity contribution in [2.75, 3.05) is 63.8 Å². The van der Waals surface area contributed by atoms with Gasteiger partial charge in [0, 0.05) is 33.4 Å². The summed E-state index contributed by atoms with van der Waals surface area (Å²) >= 11 is 0. The SMILES string of the molecule is O=C(Nc1ccccc1NC(=O)c1cccc(C(=O)Nc2ccccc2NC(=O)c2ccccc2)n1)c1ccccc1.O=C(Nc1ccccc1NC(=O)c1cccc(C(=O)Nc2ccccc2NC(=O)c2ccccc2)n1)c1ccccc1.O=C(Nc1ccccc1NC(=O)c1cccc(C(=O)Nc2ccccc2NC(=O)c2ccccc2)n1)c1ccccc1. The predicted octanol–water partition coefficient (Wildman–Crippen LogP) is 18.3. The quantitative estimate of drug-likeness (QED) is 0.0267. The van der Waals surface area contributed by atoms with E-state index in [0.29, 0.717) is 102 Å². The lowest BCUT2D eigenvalue weighted by atomic mass is 10.2. The van der Waals surface area contributed by atoms with Crippen molar-refractivity contribution in [2.24, 2.45) is 0 Å². The van der Waals surface area contributed by atoms with Gasteiger partial charge in [0.25, 0.3) is 70.9 Å². The third-order valence-corrected chi connectivity index (χ3v) is 18.4. The zero-order valence-electron chi connectivity index (χ0n) is 66.6. The maximum atomic E-state index is 13.1. The first-order valence-corrected chi connectivity index (χ1v) is 39.0. The Morgan fingerprint density at radius 1 is 0.119 bits per heavy atom. The third kappa shape index (κ3) is 23.6. The van der Waals surface area contributed by atoms with Gasteiger partial charge in [0.1, 0.15) is 34.2 Å². The molecule has 0 fully saturated rings. The fourth-order valence-electron chi connectivity index (χ4n) is 12.1. The summed E-state index contributed by atoms with van der Waals surface area (Å²) in [6, 6.07) is 106. The highest BCUT2D eigenvalue weighted by molar-refractivity contribution is 6.16. The minimum Gasteiger partial charge on any atom is -0.320 e. The Balaban J connectivity index is 0.000000162. The topological polar surface area (TPSA) is 388 Å². The second kappa shape index (κ2) is 42.4. The average molecular weight is 1670 g/mol. The van der Waals surface area contributed by atoms with Crippen molar-refractivity contribution in [3.05, 3.63) is 450 Å². The standard InChI is InChI=1S/3C33H25N5O4/c3*39-30(22-12-3-1-4-13-22)35-24-16-7-9-18-26(24)37-32(41)28-20-11-21-29(34-28)33(42)38-27-19-10-8-17-25(27)36-31(40)23-14-5-2-6-15-23/h3*1-21H,(H,35,39)(H,36,40)(H,37,41)(H,38,42). The van der Waals surface area contributed by atoms with Crippen LogP contribution >= 0.6 is 0 Å². The smallest absolute Gasteiger partial charge is 0.274 e. The van der Waals surface area contributed by atoms with Crippen molar-refractivity contribution < 1.29 is 57.5 Å². The fraction of sp³-hybridized carbons (Fsp3) is 0. The molecule has 15 aromatic rings. The zero-order valence-corrected chi connectivity index (χ0v) is 66.6. The largest absolute Gasteiger partial charge is 0.320 e. The van der Waals surface area contributed by atoms with Gasteiger partial charge in [-0.25, -0.2) is 15.0 Å². The van der Waals surface area contributed by atoms with E-state index in [4.69, 9.17) is 0 Å². The summed E-state index contributed by atoms with van der Waals surface area (Å²) in [5.41, 5.74) is 7.46. The number of benzene rings is 12. The van der Waals surface area contributed by atoms with Gasteiger partial charge in [0.15, 0.2) is 0 Å². The van der Waals surface area contributed by atoms with Crippen molar-refractivity contribution in [1.82, 2.24) is 15.0 Å². The Morgan fingerprint density at radius 2 is 0.222 bits per heavy atom. The maximum absolute atomic E-state index is 13.1. The van der Waals surface area contributed by atoms with Crippen LogP contribution in [0.4, 0.5) is 68.2 Å². The van der Waals surface area contributed by atoms with Crippen molar-refractivity contribution in [3.8, 4) is 0 Å². The van der Waals surface area contributed by atoms with Crippen molar-refractivity contribution in [1.29, 1.82) is 0 Å². The van der Waals surface area contributed by atoms with Gasteiger partial charge in [0.2, 0.25) is 0 Å². The van der Waals surface area contributed by atoms with Crippen LogP contribution in [0.3, 0.4) is 0 Å². The minimum absolute atomic E-state index is 0.00231. The lowest BCUT2D eigenvalue weighted by molar-refractivity contribution is 0.0998. The van der Waals surface area contributed by atoms with Gasteiger partial charge in [-0.2, -0.15) is 0 Å². The molecule has 0 bridgehead atoms. The molecule has 0 aliphatic heterocycles. The van der Waals surface area contributed by atoms with Gasteiger partial charge in [-0.1, -0.05) is 200 Å². The van der Waals surface area contributed by atoms with Gasteiger partial charge in [-0.15, -0.1) is 0 Å². The van der Waals surface area contributed by atoms with E-state index in [0.717, 1.165) is 0 Å². The Hall–Kier alpha value is -18.3. The molecule has 27 nitrogen and oxygen atoms in total. The van der Waals surface area contributed by atoms with Gasteiger partial charge in [-0.05, 0) is 182 Å². The van der Waals surface area contributed by atoms with Crippen LogP contribution in [-0.2, 0) is 0 Å². The third-order valence-electron chi connectivity index (χ3n) is 18.4. The first-order valence-electron chi connectivity index (χ1n) is 39.0. The Morgan fingerprint density at radius 3 is 0.341 bits per heavy atom. The number of hydrogen-bond donors (Lipinski definition) is 12. The number of pyridine rings is 3. The number of para-hydroxylation sites is 12. The van der Waals surface area contributed by atoms with Gasteiger partial charge < -0.3 is 63.8 Å². The van der Waals surface area contributed by atoms with E-state index in [1.54, 1.807) is 309 Å². The number of carbonyl (C=O) groups is 12. The van der Waals surface area contributed by atoms with Gasteiger partial charge in [-0.3, -0.25) is 57.5 Å². The molecule has 0 radical (unpaired) electrons. The molecule has 0 atom stereocenters. The van der Waals surface area contributed by atoms with Crippen LogP contribution in [0.1, 0.15) is 125 Å². The molecule has 0 aliphatic carbocycles. The Labute approximate surface area is 721 Å². The highest BCUT2D eigenvalue weighted by Gasteiger charge is 2.23. The molecule has 15 rings (SSSR count). The van der Waals surface area contributed by atoms with Crippen LogP contribution in [0.5, 0.6) is 0 Å². The molecule has 0 aliphatic rings. The molecule has 12 aromatic carbocycles. The van der Waals surface area contributed by atoms with E-state index < -0.39 is 35.4 Å². The summed E-state index contributed by atoms with van der Waals surface area (Å²) in [4.78, 5) is 167. The predicted molar refractivity (Wildman–Crippen MR) is 485 cm³/mol. The van der Waals surface area contributed by atoms with Crippen LogP contribution in [0.25, 0.3) is 0 Å². The molecule has 3 aromatic heterocycles. The lowest BCUT2D eigenvalue weighted by Gasteiger charge is -2.13. The monoisotopic (exact) mass is 1670 g/mol. The first kappa shape index (κ1) is 85.6. The molecule has 0 unspecified atom stereocenters. The molecule has 0 spiro atoms. The molecule has 0 saturated heterocycles. The minimum atomic E-state index is -0.568. The summed E-state index contributed by atoms with van der Waals surface area (Å²) in [6.45, 7) is 0. The lowest BCUT2D eigenvalue weighted by Crippen LogP contribution is -2.20. The number of hydrogen-bond acceptors (Lipinski definition) is 15. The molecule has 12 amide bonds. The molecular formula is C99H75N15O12. The number of rotatable bonds is 24. The molecule has 126 heavy (non-hydrogen) atoms. The van der Waals surface area contributed by atoms with Crippen LogP contribution in [0.15, 0.2) is 382 Å². The number of amides is 12. The van der Waals surface area contributed by atoms with E-state index in [1.807, 2.05) is 36.4 Å². The highest BCUT2D eigenvalue weighted by Crippen LogP contribution is 2.30. The Kier molecular flexibility index (Phi) is 28.8. The van der Waals surface area contributed by atoms with E-state index in [1.165, 1.54) is 36.4 Å². The normalized spacial score (nSPS) is 10.3. The molecule has 618 valence electrons. The molecule has 12 N–H and O–H groups in total. The number of nitrogens with one attached hydrogen (secondary N) is 12. The van der Waals surface area contributed by atoms with E-state index >= 15 is 0 Å². The van der Waals surface area contributed by atoms with E-state index in [-0.39, 0.29) is 69.6 Å². The van der Waals surface area contributed by atoms with E-state index in [2.05, 4.69) is 78.8 Å². The second-order valence-corrected chi connectivity index (χ2v) is 27.1. The number of anilines is 12. The van der Waals surface area contributed by atoms with Crippen molar-refractivity contribution in [3.63, 3.8) is 0 Å². The summed E-state index contributed by atoms with van der Waals surface area (Å²) in [7, 11) is 0. The van der Waals surface area contributed by atoms with E-state index in [9.17, 15) is 57.5 Å². The first-order chi connectivity index (χ1) is 61.4. The maximum Gasteiger partial charge on any atom is 0.274 e. The highest BCUT2D eigenvalue weighted by atomic mass is 16.2. The van der Waals surface area contributed by atoms with Gasteiger partial charge >= 0.3 is 0 Å². The Bertz CT molecular complexity index is 5510. The summed E-state index contributed by atoms with van der Waals surface area (Å²) < 4.78 is 0. The number of nitrogens with zero attached hydrogens (tertiary/aromatic N) is 3. The molecule has 0 saturated carbocycles.